The van der Waals surface area contributed by atoms with E-state index in [1.165, 1.54) is 18.1 Å². The molecule has 0 aliphatic carbocycles. The van der Waals surface area contributed by atoms with Crippen molar-refractivity contribution in [2.24, 2.45) is 0 Å². The summed E-state index contributed by atoms with van der Waals surface area (Å²) in [6, 6.07) is 5.55. The van der Waals surface area contributed by atoms with Gasteiger partial charge in [-0.05, 0) is 23.8 Å². The van der Waals surface area contributed by atoms with Crippen LogP contribution in [-0.2, 0) is 11.2 Å². The van der Waals surface area contributed by atoms with Gasteiger partial charge in [0.1, 0.15) is 11.4 Å². The van der Waals surface area contributed by atoms with Crippen LogP contribution in [-0.4, -0.2) is 15.9 Å². The number of nitrogens with two attached hydrogens (primary N) is 1. The maximum Gasteiger partial charge on any atom is 0.228 e. The van der Waals surface area contributed by atoms with Crippen LogP contribution >= 0.6 is 11.8 Å². The van der Waals surface area contributed by atoms with E-state index in [4.69, 9.17) is 5.73 Å². The standard InChI is InChI=1S/C12H10N4OS/c13-8-3-7-4-11(17)16-9(7)5-10(8)18-12-1-2-14-6-15-12/h1-3,5-6H,4,13H2,(H,16,17). The van der Waals surface area contributed by atoms with E-state index in [1.54, 1.807) is 6.20 Å². The number of rotatable bonds is 2. The molecule has 0 unspecified atom stereocenters. The summed E-state index contributed by atoms with van der Waals surface area (Å²) in [5.41, 5.74) is 8.43. The first-order valence-corrected chi connectivity index (χ1v) is 6.20. The molecule has 1 aliphatic heterocycles. The van der Waals surface area contributed by atoms with Crippen LogP contribution < -0.4 is 11.1 Å². The first-order valence-electron chi connectivity index (χ1n) is 5.38. The first kappa shape index (κ1) is 11.0. The Labute approximate surface area is 108 Å². The molecule has 0 saturated carbocycles. The van der Waals surface area contributed by atoms with Gasteiger partial charge in [-0.25, -0.2) is 9.97 Å². The second kappa shape index (κ2) is 4.30. The van der Waals surface area contributed by atoms with Crippen molar-refractivity contribution >= 4 is 29.0 Å². The van der Waals surface area contributed by atoms with Crippen molar-refractivity contribution in [3.63, 3.8) is 0 Å². The topological polar surface area (TPSA) is 80.9 Å². The molecule has 3 rings (SSSR count). The fourth-order valence-electron chi connectivity index (χ4n) is 1.81. The number of carbonyl (C=O) groups excluding carboxylic acids is 1. The van der Waals surface area contributed by atoms with E-state index in [-0.39, 0.29) is 5.91 Å². The van der Waals surface area contributed by atoms with E-state index >= 15 is 0 Å². The Hall–Kier alpha value is -2.08. The molecule has 3 N–H and O–H groups in total. The van der Waals surface area contributed by atoms with Crippen molar-refractivity contribution < 1.29 is 4.79 Å². The Morgan fingerprint density at radius 1 is 1.39 bits per heavy atom. The highest BCUT2D eigenvalue weighted by Gasteiger charge is 2.19. The quantitative estimate of drug-likeness (QED) is 0.633. The lowest BCUT2D eigenvalue weighted by Gasteiger charge is -2.07. The van der Waals surface area contributed by atoms with E-state index < -0.39 is 0 Å². The van der Waals surface area contributed by atoms with E-state index in [1.807, 2.05) is 18.2 Å². The summed E-state index contributed by atoms with van der Waals surface area (Å²) >= 11 is 1.45. The number of hydrogen-bond donors (Lipinski definition) is 2. The number of hydrogen-bond acceptors (Lipinski definition) is 5. The van der Waals surface area contributed by atoms with Crippen molar-refractivity contribution in [3.05, 3.63) is 36.3 Å². The average Bonchev–Trinajstić information content (AvgIpc) is 2.70. The second-order valence-corrected chi connectivity index (χ2v) is 4.98. The van der Waals surface area contributed by atoms with E-state index in [2.05, 4.69) is 15.3 Å². The Bertz CT molecular complexity index is 615. The summed E-state index contributed by atoms with van der Waals surface area (Å²) in [6.07, 6.45) is 3.58. The lowest BCUT2D eigenvalue weighted by atomic mass is 10.1. The van der Waals surface area contributed by atoms with Gasteiger partial charge in [0.15, 0.2) is 0 Å². The van der Waals surface area contributed by atoms with Gasteiger partial charge < -0.3 is 11.1 Å². The molecular weight excluding hydrogens is 248 g/mol. The lowest BCUT2D eigenvalue weighted by Crippen LogP contribution is -2.03. The molecule has 90 valence electrons. The van der Waals surface area contributed by atoms with Crippen LogP contribution in [0, 0.1) is 0 Å². The largest absolute Gasteiger partial charge is 0.398 e. The van der Waals surface area contributed by atoms with Crippen molar-refractivity contribution in [2.75, 3.05) is 11.1 Å². The first-order chi connectivity index (χ1) is 8.72. The Morgan fingerprint density at radius 3 is 3.06 bits per heavy atom. The normalized spacial score (nSPS) is 13.2. The molecule has 0 atom stereocenters. The van der Waals surface area contributed by atoms with Gasteiger partial charge in [-0.3, -0.25) is 4.79 Å². The van der Waals surface area contributed by atoms with Crippen molar-refractivity contribution in [2.45, 2.75) is 16.3 Å². The van der Waals surface area contributed by atoms with E-state index in [9.17, 15) is 4.79 Å². The van der Waals surface area contributed by atoms with Gasteiger partial charge in [-0.1, -0.05) is 11.8 Å². The minimum absolute atomic E-state index is 0.00795. The smallest absolute Gasteiger partial charge is 0.228 e. The third-order valence-corrected chi connectivity index (χ3v) is 3.65. The molecule has 0 spiro atoms. The summed E-state index contributed by atoms with van der Waals surface area (Å²) < 4.78 is 0. The summed E-state index contributed by atoms with van der Waals surface area (Å²) in [5, 5.41) is 3.63. The van der Waals surface area contributed by atoms with Crippen LogP contribution in [0.15, 0.2) is 40.6 Å². The van der Waals surface area contributed by atoms with Gasteiger partial charge in [0.25, 0.3) is 0 Å². The van der Waals surface area contributed by atoms with Crippen LogP contribution in [0.5, 0.6) is 0 Å². The van der Waals surface area contributed by atoms with Gasteiger partial charge in [0.2, 0.25) is 5.91 Å². The molecule has 1 aliphatic rings. The molecule has 2 heterocycles. The lowest BCUT2D eigenvalue weighted by molar-refractivity contribution is -0.115. The SMILES string of the molecule is Nc1cc2c(cc1Sc1ccncn1)NC(=O)C2. The number of benzene rings is 1. The number of fused-ring (bicyclic) bond motifs is 1. The zero-order valence-corrected chi connectivity index (χ0v) is 10.2. The van der Waals surface area contributed by atoms with Crippen LogP contribution in [0.2, 0.25) is 0 Å². The highest BCUT2D eigenvalue weighted by Crippen LogP contribution is 2.36. The molecule has 0 saturated heterocycles. The third kappa shape index (κ3) is 2.02. The Balaban J connectivity index is 1.94. The highest BCUT2D eigenvalue weighted by atomic mass is 32.2. The maximum atomic E-state index is 11.3. The number of anilines is 2. The van der Waals surface area contributed by atoms with Crippen molar-refractivity contribution in [1.82, 2.24) is 9.97 Å². The van der Waals surface area contributed by atoms with Gasteiger partial charge in [0.05, 0.1) is 6.42 Å². The second-order valence-electron chi connectivity index (χ2n) is 3.92. The number of carbonyl (C=O) groups is 1. The number of nitrogens with one attached hydrogen (secondary N) is 1. The number of nitrogens with zero attached hydrogens (tertiary/aromatic N) is 2. The number of nitrogen functional groups attached to an aromatic ring is 1. The number of aromatic nitrogens is 2. The fourth-order valence-corrected chi connectivity index (χ4v) is 2.62. The highest BCUT2D eigenvalue weighted by molar-refractivity contribution is 7.99. The van der Waals surface area contributed by atoms with Gasteiger partial charge >= 0.3 is 0 Å². The molecule has 1 aromatic heterocycles. The molecule has 2 aromatic rings. The molecular formula is C12H10N4OS. The zero-order chi connectivity index (χ0) is 12.5. The Kier molecular flexibility index (Phi) is 2.64. The van der Waals surface area contributed by atoms with Crippen LogP contribution in [0.1, 0.15) is 5.56 Å². The Morgan fingerprint density at radius 2 is 2.28 bits per heavy atom. The van der Waals surface area contributed by atoms with Gasteiger partial charge in [0, 0.05) is 22.5 Å². The van der Waals surface area contributed by atoms with Crippen LogP contribution in [0.25, 0.3) is 0 Å². The maximum absolute atomic E-state index is 11.3. The van der Waals surface area contributed by atoms with E-state index in [0.717, 1.165) is 21.2 Å². The summed E-state index contributed by atoms with van der Waals surface area (Å²) in [5.74, 6) is 0.00795. The van der Waals surface area contributed by atoms with Crippen molar-refractivity contribution in [1.29, 1.82) is 0 Å². The molecule has 5 nitrogen and oxygen atoms in total. The molecule has 18 heavy (non-hydrogen) atoms. The predicted molar refractivity (Wildman–Crippen MR) is 69.3 cm³/mol. The van der Waals surface area contributed by atoms with Gasteiger partial charge in [-0.15, -0.1) is 0 Å². The summed E-state index contributed by atoms with van der Waals surface area (Å²) in [6.45, 7) is 0. The molecule has 0 bridgehead atoms. The molecule has 1 aromatic carbocycles. The summed E-state index contributed by atoms with van der Waals surface area (Å²) in [7, 11) is 0. The molecule has 0 fully saturated rings. The van der Waals surface area contributed by atoms with Crippen LogP contribution in [0.4, 0.5) is 11.4 Å². The fraction of sp³-hybridized carbons (Fsp3) is 0.0833. The average molecular weight is 258 g/mol. The zero-order valence-electron chi connectivity index (χ0n) is 9.38. The van der Waals surface area contributed by atoms with E-state index in [0.29, 0.717) is 12.1 Å². The molecule has 0 radical (unpaired) electrons. The third-order valence-electron chi connectivity index (χ3n) is 2.63. The van der Waals surface area contributed by atoms with Gasteiger partial charge in [-0.2, -0.15) is 0 Å². The van der Waals surface area contributed by atoms with Crippen LogP contribution in [0.3, 0.4) is 0 Å². The monoisotopic (exact) mass is 258 g/mol. The minimum atomic E-state index is 0.00795. The molecule has 6 heteroatoms. The molecule has 1 amide bonds. The predicted octanol–water partition coefficient (Wildman–Crippen LogP) is 1.70. The summed E-state index contributed by atoms with van der Waals surface area (Å²) in [4.78, 5) is 20.2. The minimum Gasteiger partial charge on any atom is -0.398 e. The number of amides is 1. The van der Waals surface area contributed by atoms with Crippen molar-refractivity contribution in [3.8, 4) is 0 Å².